The number of piperidine rings is 2. The Labute approximate surface area is 101 Å². The van der Waals surface area contributed by atoms with Crippen molar-refractivity contribution in [2.24, 2.45) is 11.3 Å². The van der Waals surface area contributed by atoms with Crippen molar-refractivity contribution in [3.63, 3.8) is 0 Å². The Morgan fingerprint density at radius 2 is 1.88 bits per heavy atom. The van der Waals surface area contributed by atoms with E-state index in [-0.39, 0.29) is 0 Å². The fraction of sp³-hybridized carbons (Fsp3) is 1.00. The molecule has 0 saturated carbocycles. The zero-order valence-electron chi connectivity index (χ0n) is 11.3. The first-order valence-electron chi connectivity index (χ1n) is 7.08. The summed E-state index contributed by atoms with van der Waals surface area (Å²) in [6.45, 7) is 12.3. The SMILES string of the molecule is CC(C)C(C)N1CCCC2(CCCNC2)C1. The van der Waals surface area contributed by atoms with E-state index in [9.17, 15) is 0 Å². The summed E-state index contributed by atoms with van der Waals surface area (Å²) in [5.41, 5.74) is 0.611. The molecule has 2 nitrogen and oxygen atoms in total. The summed E-state index contributed by atoms with van der Waals surface area (Å²) < 4.78 is 0. The highest BCUT2D eigenvalue weighted by atomic mass is 15.2. The lowest BCUT2D eigenvalue weighted by molar-refractivity contribution is 0.0297. The van der Waals surface area contributed by atoms with Gasteiger partial charge in [0.25, 0.3) is 0 Å². The van der Waals surface area contributed by atoms with Crippen LogP contribution in [0.2, 0.25) is 0 Å². The van der Waals surface area contributed by atoms with Gasteiger partial charge in [0, 0.05) is 19.1 Å². The highest BCUT2D eigenvalue weighted by molar-refractivity contribution is 4.92. The molecule has 1 spiro atoms. The number of nitrogens with one attached hydrogen (secondary N) is 1. The molecule has 0 aromatic heterocycles. The lowest BCUT2D eigenvalue weighted by Crippen LogP contribution is -2.53. The molecule has 2 saturated heterocycles. The smallest absolute Gasteiger partial charge is 0.00901 e. The quantitative estimate of drug-likeness (QED) is 0.775. The van der Waals surface area contributed by atoms with Crippen LogP contribution in [0.4, 0.5) is 0 Å². The molecule has 2 heterocycles. The van der Waals surface area contributed by atoms with Crippen molar-refractivity contribution in [3.8, 4) is 0 Å². The van der Waals surface area contributed by atoms with Crippen molar-refractivity contribution < 1.29 is 0 Å². The van der Waals surface area contributed by atoms with Crippen molar-refractivity contribution in [1.29, 1.82) is 0 Å². The Hall–Kier alpha value is -0.0800. The molecule has 2 atom stereocenters. The number of hydrogen-bond acceptors (Lipinski definition) is 2. The molecule has 0 amide bonds. The number of hydrogen-bond donors (Lipinski definition) is 1. The van der Waals surface area contributed by atoms with Gasteiger partial charge in [0.2, 0.25) is 0 Å². The van der Waals surface area contributed by atoms with Crippen molar-refractivity contribution >= 4 is 0 Å². The van der Waals surface area contributed by atoms with Crippen LogP contribution < -0.4 is 5.32 Å². The third-order valence-corrected chi connectivity index (χ3v) is 4.79. The summed E-state index contributed by atoms with van der Waals surface area (Å²) in [5.74, 6) is 0.784. The summed E-state index contributed by atoms with van der Waals surface area (Å²) in [5, 5.41) is 3.61. The van der Waals surface area contributed by atoms with Gasteiger partial charge in [-0.25, -0.2) is 0 Å². The number of nitrogens with zero attached hydrogens (tertiary/aromatic N) is 1. The van der Waals surface area contributed by atoms with E-state index in [2.05, 4.69) is 31.0 Å². The molecule has 2 heteroatoms. The Balaban J connectivity index is 1.97. The summed E-state index contributed by atoms with van der Waals surface area (Å²) in [6, 6.07) is 0.749. The zero-order chi connectivity index (χ0) is 11.6. The van der Waals surface area contributed by atoms with Gasteiger partial charge < -0.3 is 5.32 Å². The summed E-state index contributed by atoms with van der Waals surface area (Å²) in [7, 11) is 0. The van der Waals surface area contributed by atoms with Crippen LogP contribution in [-0.4, -0.2) is 37.1 Å². The molecule has 2 aliphatic rings. The van der Waals surface area contributed by atoms with Gasteiger partial charge in [0.1, 0.15) is 0 Å². The summed E-state index contributed by atoms with van der Waals surface area (Å²) >= 11 is 0. The minimum Gasteiger partial charge on any atom is -0.316 e. The largest absolute Gasteiger partial charge is 0.316 e. The lowest BCUT2D eigenvalue weighted by Gasteiger charge is -2.48. The second kappa shape index (κ2) is 5.05. The maximum Gasteiger partial charge on any atom is 0.00901 e. The standard InChI is InChI=1S/C14H28N2/c1-12(2)13(3)16-9-5-7-14(11-16)6-4-8-15-10-14/h12-13,15H,4-11H2,1-3H3. The van der Waals surface area contributed by atoms with Crippen LogP contribution in [0.15, 0.2) is 0 Å². The van der Waals surface area contributed by atoms with Crippen LogP contribution in [0, 0.1) is 11.3 Å². The fourth-order valence-corrected chi connectivity index (χ4v) is 3.39. The summed E-state index contributed by atoms with van der Waals surface area (Å²) in [4.78, 5) is 2.74. The van der Waals surface area contributed by atoms with E-state index >= 15 is 0 Å². The van der Waals surface area contributed by atoms with E-state index in [1.807, 2.05) is 0 Å². The zero-order valence-corrected chi connectivity index (χ0v) is 11.3. The minimum atomic E-state index is 0.611. The first-order valence-corrected chi connectivity index (χ1v) is 7.08. The molecule has 2 aliphatic heterocycles. The van der Waals surface area contributed by atoms with Gasteiger partial charge in [0.15, 0.2) is 0 Å². The molecule has 0 radical (unpaired) electrons. The van der Waals surface area contributed by atoms with Crippen LogP contribution in [0.3, 0.4) is 0 Å². The van der Waals surface area contributed by atoms with Gasteiger partial charge >= 0.3 is 0 Å². The summed E-state index contributed by atoms with van der Waals surface area (Å²) in [6.07, 6.45) is 5.67. The van der Waals surface area contributed by atoms with E-state index in [1.165, 1.54) is 51.9 Å². The first-order chi connectivity index (χ1) is 7.63. The van der Waals surface area contributed by atoms with Crippen LogP contribution in [0.1, 0.15) is 46.5 Å². The van der Waals surface area contributed by atoms with E-state index < -0.39 is 0 Å². The third-order valence-electron chi connectivity index (χ3n) is 4.79. The van der Waals surface area contributed by atoms with Crippen LogP contribution >= 0.6 is 0 Å². The average Bonchev–Trinajstić information content (AvgIpc) is 2.29. The van der Waals surface area contributed by atoms with Gasteiger partial charge in [-0.3, -0.25) is 4.90 Å². The fourth-order valence-electron chi connectivity index (χ4n) is 3.39. The molecule has 0 bridgehead atoms. The molecule has 2 fully saturated rings. The highest BCUT2D eigenvalue weighted by Gasteiger charge is 2.37. The van der Waals surface area contributed by atoms with Crippen LogP contribution in [0.25, 0.3) is 0 Å². The minimum absolute atomic E-state index is 0.611. The molecule has 0 aromatic rings. The van der Waals surface area contributed by atoms with Gasteiger partial charge in [-0.2, -0.15) is 0 Å². The van der Waals surface area contributed by atoms with Crippen LogP contribution in [-0.2, 0) is 0 Å². The maximum absolute atomic E-state index is 3.61. The first kappa shape index (κ1) is 12.4. The third kappa shape index (κ3) is 2.60. The normalized spacial score (nSPS) is 34.5. The van der Waals surface area contributed by atoms with E-state index in [0.29, 0.717) is 5.41 Å². The Morgan fingerprint density at radius 1 is 1.12 bits per heavy atom. The molecule has 0 aliphatic carbocycles. The Bertz CT molecular complexity index is 213. The predicted molar refractivity (Wildman–Crippen MR) is 69.6 cm³/mol. The van der Waals surface area contributed by atoms with Crippen molar-refractivity contribution in [1.82, 2.24) is 10.2 Å². The van der Waals surface area contributed by atoms with Gasteiger partial charge in [-0.05, 0) is 57.0 Å². The molecule has 0 aromatic carbocycles. The van der Waals surface area contributed by atoms with Gasteiger partial charge in [-0.15, -0.1) is 0 Å². The van der Waals surface area contributed by atoms with Gasteiger partial charge in [-0.1, -0.05) is 13.8 Å². The monoisotopic (exact) mass is 224 g/mol. The highest BCUT2D eigenvalue weighted by Crippen LogP contribution is 2.37. The predicted octanol–water partition coefficient (Wildman–Crippen LogP) is 2.50. The second-order valence-electron chi connectivity index (χ2n) is 6.34. The number of likely N-dealkylation sites (tertiary alicyclic amines) is 1. The maximum atomic E-state index is 3.61. The average molecular weight is 224 g/mol. The van der Waals surface area contributed by atoms with Crippen molar-refractivity contribution in [2.75, 3.05) is 26.2 Å². The second-order valence-corrected chi connectivity index (χ2v) is 6.34. The van der Waals surface area contributed by atoms with Crippen molar-refractivity contribution in [3.05, 3.63) is 0 Å². The molecule has 1 N–H and O–H groups in total. The number of rotatable bonds is 2. The Kier molecular flexibility index (Phi) is 3.91. The van der Waals surface area contributed by atoms with Gasteiger partial charge in [0.05, 0.1) is 0 Å². The van der Waals surface area contributed by atoms with Crippen molar-refractivity contribution in [2.45, 2.75) is 52.5 Å². The molecular formula is C14H28N2. The molecule has 2 rings (SSSR count). The van der Waals surface area contributed by atoms with E-state index in [4.69, 9.17) is 0 Å². The lowest BCUT2D eigenvalue weighted by atomic mass is 9.74. The molecule has 16 heavy (non-hydrogen) atoms. The molecular weight excluding hydrogens is 196 g/mol. The van der Waals surface area contributed by atoms with E-state index in [0.717, 1.165) is 12.0 Å². The van der Waals surface area contributed by atoms with E-state index in [1.54, 1.807) is 0 Å². The van der Waals surface area contributed by atoms with Crippen LogP contribution in [0.5, 0.6) is 0 Å². The molecule has 2 unspecified atom stereocenters. The molecule has 94 valence electrons. The Morgan fingerprint density at radius 3 is 2.50 bits per heavy atom. The topological polar surface area (TPSA) is 15.3 Å².